The molecule has 0 saturated heterocycles. The van der Waals surface area contributed by atoms with Gasteiger partial charge < -0.3 is 20.3 Å². The molecule has 22 heavy (non-hydrogen) atoms. The van der Waals surface area contributed by atoms with Crippen LogP contribution in [0, 0.1) is 0 Å². The summed E-state index contributed by atoms with van der Waals surface area (Å²) < 4.78 is 4.61. The van der Waals surface area contributed by atoms with Gasteiger partial charge in [0, 0.05) is 19.0 Å². The Morgan fingerprint density at radius 1 is 1.18 bits per heavy atom. The molecule has 3 N–H and O–H groups in total. The highest BCUT2D eigenvalue weighted by Crippen LogP contribution is 2.17. The molecule has 0 aromatic heterocycles. The van der Waals surface area contributed by atoms with Crippen molar-refractivity contribution < 1.29 is 29.3 Å². The molecule has 0 fully saturated rings. The van der Waals surface area contributed by atoms with Gasteiger partial charge in [-0.15, -0.1) is 0 Å². The lowest BCUT2D eigenvalue weighted by Crippen LogP contribution is -2.34. The number of carbonyl (C=O) groups excluding carboxylic acids is 3. The Bertz CT molecular complexity index is 539. The predicted octanol–water partition coefficient (Wildman–Crippen LogP) is -0.0372. The maximum atomic E-state index is 11.7. The van der Waals surface area contributed by atoms with E-state index in [1.807, 2.05) is 0 Å². The molecule has 1 rings (SSSR count). The van der Waals surface area contributed by atoms with Crippen molar-refractivity contribution in [2.45, 2.75) is 26.1 Å². The predicted molar refractivity (Wildman–Crippen MR) is 77.1 cm³/mol. The largest absolute Gasteiger partial charge is 0.460 e. The Balaban J connectivity index is 2.73. The third kappa shape index (κ3) is 4.94. The number of ketones is 1. The fourth-order valence-corrected chi connectivity index (χ4v) is 1.73. The van der Waals surface area contributed by atoms with Gasteiger partial charge in [0.15, 0.2) is 0 Å². The first-order valence-corrected chi connectivity index (χ1v) is 6.78. The van der Waals surface area contributed by atoms with Gasteiger partial charge in [0.2, 0.25) is 5.91 Å². The number of nitrogens with one attached hydrogen (secondary N) is 1. The molecule has 1 amide bonds. The summed E-state index contributed by atoms with van der Waals surface area (Å²) in [6, 6.07) is 5.58. The zero-order chi connectivity index (χ0) is 16.7. The second-order valence-corrected chi connectivity index (χ2v) is 4.62. The van der Waals surface area contributed by atoms with Gasteiger partial charge in [0.05, 0.1) is 6.61 Å². The summed E-state index contributed by atoms with van der Waals surface area (Å²) in [5, 5.41) is 22.1. The second-order valence-electron chi connectivity index (χ2n) is 4.62. The molecule has 1 aromatic rings. The Hall–Kier alpha value is -2.25. The highest BCUT2D eigenvalue weighted by atomic mass is 16.5. The molecule has 0 aliphatic carbocycles. The van der Waals surface area contributed by atoms with Crippen LogP contribution in [0.4, 0.5) is 0 Å². The molecule has 7 heteroatoms. The second kappa shape index (κ2) is 8.26. The van der Waals surface area contributed by atoms with E-state index >= 15 is 0 Å². The monoisotopic (exact) mass is 309 g/mol. The molecule has 2 atom stereocenters. The number of hydrogen-bond acceptors (Lipinski definition) is 6. The Morgan fingerprint density at radius 3 is 2.27 bits per heavy atom. The van der Waals surface area contributed by atoms with Crippen LogP contribution in [0.15, 0.2) is 24.3 Å². The molecule has 0 aliphatic heterocycles. The number of benzene rings is 1. The van der Waals surface area contributed by atoms with Crippen LogP contribution >= 0.6 is 0 Å². The van der Waals surface area contributed by atoms with E-state index in [0.717, 1.165) is 0 Å². The van der Waals surface area contributed by atoms with Crippen molar-refractivity contribution in [2.24, 2.45) is 0 Å². The first kappa shape index (κ1) is 17.8. The number of aliphatic hydroxyl groups excluding tert-OH is 2. The summed E-state index contributed by atoms with van der Waals surface area (Å²) in [7, 11) is 0. The molecule has 0 bridgehead atoms. The Kier molecular flexibility index (Phi) is 6.68. The van der Waals surface area contributed by atoms with Crippen LogP contribution in [0.1, 0.15) is 35.9 Å². The average Bonchev–Trinajstić information content (AvgIpc) is 2.51. The SMILES string of the molecule is CCOC(=O)C(=O)c1ccc(C(O)C(O)CNC(C)=O)cc1. The van der Waals surface area contributed by atoms with Crippen LogP contribution in [0.25, 0.3) is 0 Å². The highest BCUT2D eigenvalue weighted by molar-refractivity contribution is 6.40. The van der Waals surface area contributed by atoms with Crippen LogP contribution in [0.2, 0.25) is 0 Å². The zero-order valence-electron chi connectivity index (χ0n) is 12.4. The smallest absolute Gasteiger partial charge is 0.379 e. The number of rotatable bonds is 7. The van der Waals surface area contributed by atoms with E-state index in [9.17, 15) is 24.6 Å². The normalized spacial score (nSPS) is 13.1. The van der Waals surface area contributed by atoms with Gasteiger partial charge in [-0.1, -0.05) is 24.3 Å². The number of carbonyl (C=O) groups is 3. The standard InChI is InChI=1S/C15H19NO6/c1-3-22-15(21)14(20)11-6-4-10(5-7-11)13(19)12(18)8-16-9(2)17/h4-7,12-13,18-19H,3,8H2,1-2H3,(H,16,17). The summed E-state index contributed by atoms with van der Waals surface area (Å²) in [4.78, 5) is 33.8. The van der Waals surface area contributed by atoms with E-state index < -0.39 is 24.0 Å². The third-order valence-electron chi connectivity index (χ3n) is 2.90. The molecule has 2 unspecified atom stereocenters. The zero-order valence-corrected chi connectivity index (χ0v) is 12.4. The van der Waals surface area contributed by atoms with Crippen molar-refractivity contribution in [3.05, 3.63) is 35.4 Å². The molecule has 0 heterocycles. The van der Waals surface area contributed by atoms with Gasteiger partial charge in [-0.3, -0.25) is 9.59 Å². The number of hydrogen-bond donors (Lipinski definition) is 3. The van der Waals surface area contributed by atoms with Crippen LogP contribution in [-0.4, -0.2) is 47.1 Å². The van der Waals surface area contributed by atoms with Crippen molar-refractivity contribution in [1.82, 2.24) is 5.32 Å². The molecule has 0 radical (unpaired) electrons. The first-order chi connectivity index (χ1) is 10.4. The fourth-order valence-electron chi connectivity index (χ4n) is 1.73. The lowest BCUT2D eigenvalue weighted by atomic mass is 10.0. The van der Waals surface area contributed by atoms with Crippen LogP contribution in [-0.2, 0) is 14.3 Å². The topological polar surface area (TPSA) is 113 Å². The van der Waals surface area contributed by atoms with Crippen molar-refractivity contribution in [3.8, 4) is 0 Å². The number of aliphatic hydroxyl groups is 2. The maximum Gasteiger partial charge on any atom is 0.379 e. The molecule has 1 aromatic carbocycles. The summed E-state index contributed by atoms with van der Waals surface area (Å²) in [5.41, 5.74) is 0.490. The van der Waals surface area contributed by atoms with Gasteiger partial charge in [-0.05, 0) is 12.5 Å². The minimum absolute atomic E-state index is 0.0972. The lowest BCUT2D eigenvalue weighted by Gasteiger charge is -2.18. The number of esters is 1. The van der Waals surface area contributed by atoms with E-state index in [4.69, 9.17) is 0 Å². The molecular formula is C15H19NO6. The number of ether oxygens (including phenoxy) is 1. The van der Waals surface area contributed by atoms with Gasteiger partial charge >= 0.3 is 5.97 Å². The van der Waals surface area contributed by atoms with Crippen LogP contribution in [0.3, 0.4) is 0 Å². The quantitative estimate of drug-likeness (QED) is 0.370. The summed E-state index contributed by atoms with van der Waals surface area (Å²) in [5.74, 6) is -2.04. The van der Waals surface area contributed by atoms with Crippen molar-refractivity contribution in [3.63, 3.8) is 0 Å². The van der Waals surface area contributed by atoms with Gasteiger partial charge in [0.1, 0.15) is 12.2 Å². The van der Waals surface area contributed by atoms with Gasteiger partial charge in [-0.2, -0.15) is 0 Å². The average molecular weight is 309 g/mol. The minimum atomic E-state index is -1.22. The van der Waals surface area contributed by atoms with E-state index in [0.29, 0.717) is 5.56 Å². The van der Waals surface area contributed by atoms with Gasteiger partial charge in [0.25, 0.3) is 5.78 Å². The van der Waals surface area contributed by atoms with Gasteiger partial charge in [-0.25, -0.2) is 4.79 Å². The summed E-state index contributed by atoms with van der Waals surface area (Å²) in [6.45, 7) is 2.91. The highest BCUT2D eigenvalue weighted by Gasteiger charge is 2.21. The van der Waals surface area contributed by atoms with E-state index in [2.05, 4.69) is 10.1 Å². The molecule has 0 spiro atoms. The van der Waals surface area contributed by atoms with Crippen LogP contribution in [0.5, 0.6) is 0 Å². The fraction of sp³-hybridized carbons (Fsp3) is 0.400. The Morgan fingerprint density at radius 2 is 1.77 bits per heavy atom. The molecule has 0 saturated carbocycles. The number of amides is 1. The molecule has 120 valence electrons. The Labute approximate surface area is 127 Å². The van der Waals surface area contributed by atoms with Crippen LogP contribution < -0.4 is 5.32 Å². The molecule has 0 aliphatic rings. The van der Waals surface area contributed by atoms with E-state index in [-0.39, 0.29) is 24.6 Å². The summed E-state index contributed by atoms with van der Waals surface area (Å²) in [6.07, 6.45) is -2.41. The van der Waals surface area contributed by atoms with Crippen molar-refractivity contribution in [2.75, 3.05) is 13.2 Å². The number of Topliss-reactive ketones (excluding diaryl/α,β-unsaturated/α-hetero) is 1. The maximum absolute atomic E-state index is 11.7. The minimum Gasteiger partial charge on any atom is -0.460 e. The third-order valence-corrected chi connectivity index (χ3v) is 2.90. The van der Waals surface area contributed by atoms with E-state index in [1.54, 1.807) is 6.92 Å². The van der Waals surface area contributed by atoms with Crippen molar-refractivity contribution >= 4 is 17.7 Å². The lowest BCUT2D eigenvalue weighted by molar-refractivity contribution is -0.137. The molecule has 7 nitrogen and oxygen atoms in total. The summed E-state index contributed by atoms with van der Waals surface area (Å²) >= 11 is 0. The van der Waals surface area contributed by atoms with E-state index in [1.165, 1.54) is 31.2 Å². The first-order valence-electron chi connectivity index (χ1n) is 6.78. The van der Waals surface area contributed by atoms with Crippen molar-refractivity contribution in [1.29, 1.82) is 0 Å². The molecular weight excluding hydrogens is 290 g/mol.